The number of nitrogens with zero attached hydrogens (tertiary/aromatic N) is 2. The van der Waals surface area contributed by atoms with Gasteiger partial charge < -0.3 is 24.6 Å². The Labute approximate surface area is 157 Å². The fourth-order valence-corrected chi connectivity index (χ4v) is 3.29. The van der Waals surface area contributed by atoms with Crippen LogP contribution in [0.3, 0.4) is 0 Å². The monoisotopic (exact) mass is 373 g/mol. The molecule has 0 aliphatic carbocycles. The zero-order valence-electron chi connectivity index (χ0n) is 15.6. The van der Waals surface area contributed by atoms with Crippen molar-refractivity contribution in [1.29, 1.82) is 0 Å². The number of aromatic nitrogens is 1. The molecule has 1 aliphatic rings. The first kappa shape index (κ1) is 18.9. The van der Waals surface area contributed by atoms with Crippen LogP contribution in [0.4, 0.5) is 0 Å². The van der Waals surface area contributed by atoms with Crippen LogP contribution < -0.4 is 10.1 Å². The maximum Gasteiger partial charge on any atom is 0.292 e. The van der Waals surface area contributed by atoms with Gasteiger partial charge in [0.1, 0.15) is 11.4 Å². The van der Waals surface area contributed by atoms with Crippen molar-refractivity contribution in [3.8, 4) is 17.0 Å². The van der Waals surface area contributed by atoms with Crippen LogP contribution in [-0.2, 0) is 4.79 Å². The number of methoxy groups -OCH3 is 1. The Morgan fingerprint density at radius 3 is 2.67 bits per heavy atom. The summed E-state index contributed by atoms with van der Waals surface area (Å²) in [5, 5.41) is 17.1. The third-order valence-corrected chi connectivity index (χ3v) is 4.59. The van der Waals surface area contributed by atoms with E-state index in [0.29, 0.717) is 42.1 Å². The average Bonchev–Trinajstić information content (AvgIpc) is 3.28. The van der Waals surface area contributed by atoms with Crippen LogP contribution in [0.5, 0.6) is 5.75 Å². The first-order valence-electron chi connectivity index (χ1n) is 8.79. The Hall–Kier alpha value is -2.87. The minimum atomic E-state index is -0.930. The predicted molar refractivity (Wildman–Crippen MR) is 97.3 cm³/mol. The van der Waals surface area contributed by atoms with Gasteiger partial charge in [0.25, 0.3) is 5.91 Å². The van der Waals surface area contributed by atoms with Crippen molar-refractivity contribution >= 4 is 11.8 Å². The molecule has 144 valence electrons. The van der Waals surface area contributed by atoms with Crippen molar-refractivity contribution in [2.45, 2.75) is 32.4 Å². The van der Waals surface area contributed by atoms with Crippen LogP contribution in [0.1, 0.15) is 42.5 Å². The first-order valence-corrected chi connectivity index (χ1v) is 8.79. The van der Waals surface area contributed by atoms with Gasteiger partial charge in [0, 0.05) is 31.6 Å². The van der Waals surface area contributed by atoms with Crippen LogP contribution in [0.25, 0.3) is 11.3 Å². The molecular weight excluding hydrogens is 350 g/mol. The number of hydrogen-bond acceptors (Lipinski definition) is 6. The van der Waals surface area contributed by atoms with Gasteiger partial charge in [-0.05, 0) is 37.6 Å². The molecular formula is C19H23N3O5. The van der Waals surface area contributed by atoms with E-state index in [0.717, 1.165) is 0 Å². The Morgan fingerprint density at radius 1 is 1.37 bits per heavy atom. The molecule has 1 aliphatic heterocycles. The van der Waals surface area contributed by atoms with Crippen LogP contribution in [0.2, 0.25) is 0 Å². The van der Waals surface area contributed by atoms with Gasteiger partial charge in [0.15, 0.2) is 0 Å². The summed E-state index contributed by atoms with van der Waals surface area (Å²) in [4.78, 5) is 25.7. The number of hydrogen-bond donors (Lipinski definition) is 2. The van der Waals surface area contributed by atoms with E-state index in [-0.39, 0.29) is 23.6 Å². The molecule has 1 aromatic carbocycles. The van der Waals surface area contributed by atoms with Crippen LogP contribution in [0.15, 0.2) is 28.8 Å². The molecule has 1 aromatic heterocycles. The summed E-state index contributed by atoms with van der Waals surface area (Å²) in [5.41, 5.74) is 1.49. The summed E-state index contributed by atoms with van der Waals surface area (Å²) < 4.78 is 10.5. The summed E-state index contributed by atoms with van der Waals surface area (Å²) >= 11 is 0. The van der Waals surface area contributed by atoms with Crippen molar-refractivity contribution in [3.63, 3.8) is 0 Å². The van der Waals surface area contributed by atoms with Crippen molar-refractivity contribution in [2.75, 3.05) is 20.2 Å². The summed E-state index contributed by atoms with van der Waals surface area (Å²) in [6, 6.07) is 7.05. The number of aliphatic hydroxyl groups excluding tert-OH is 1. The zero-order valence-corrected chi connectivity index (χ0v) is 15.6. The Balaban J connectivity index is 1.86. The minimum Gasteiger partial charge on any atom is -0.497 e. The molecule has 27 heavy (non-hydrogen) atoms. The van der Waals surface area contributed by atoms with E-state index in [4.69, 9.17) is 9.26 Å². The number of carbonyl (C=O) groups is 2. The standard InChI is InChI=1S/C19H23N3O5/c1-11(23)16-17(13-4-6-15(26-3)7-5-13)21-27-18(16)19(25)22-9-8-14(10-22)20-12(2)24/h4-7,11,14,23H,8-10H2,1-3H3,(H,20,24). The molecule has 3 rings (SSSR count). The average molecular weight is 373 g/mol. The molecule has 0 radical (unpaired) electrons. The molecule has 8 heteroatoms. The van der Waals surface area contributed by atoms with Crippen molar-refractivity contribution in [1.82, 2.24) is 15.4 Å². The number of amides is 2. The van der Waals surface area contributed by atoms with E-state index >= 15 is 0 Å². The number of nitrogens with one attached hydrogen (secondary N) is 1. The highest BCUT2D eigenvalue weighted by Crippen LogP contribution is 2.32. The number of aliphatic hydroxyl groups is 1. The van der Waals surface area contributed by atoms with Gasteiger partial charge in [0.05, 0.1) is 18.8 Å². The Kier molecular flexibility index (Phi) is 5.46. The molecule has 2 N–H and O–H groups in total. The number of ether oxygens (including phenoxy) is 1. The van der Waals surface area contributed by atoms with Crippen molar-refractivity contribution < 1.29 is 24.0 Å². The van der Waals surface area contributed by atoms with E-state index in [2.05, 4.69) is 10.5 Å². The molecule has 0 spiro atoms. The normalized spacial score (nSPS) is 17.6. The lowest BCUT2D eigenvalue weighted by Crippen LogP contribution is -2.37. The highest BCUT2D eigenvalue weighted by Gasteiger charge is 2.33. The van der Waals surface area contributed by atoms with E-state index in [9.17, 15) is 14.7 Å². The van der Waals surface area contributed by atoms with Gasteiger partial charge in [-0.2, -0.15) is 0 Å². The maximum atomic E-state index is 12.9. The maximum absolute atomic E-state index is 12.9. The zero-order chi connectivity index (χ0) is 19.6. The van der Waals surface area contributed by atoms with E-state index < -0.39 is 6.10 Å². The third-order valence-electron chi connectivity index (χ3n) is 4.59. The summed E-state index contributed by atoms with van der Waals surface area (Å²) in [6.45, 7) is 3.92. The van der Waals surface area contributed by atoms with Gasteiger partial charge in [-0.25, -0.2) is 0 Å². The van der Waals surface area contributed by atoms with E-state index in [1.165, 1.54) is 6.92 Å². The molecule has 2 unspecified atom stereocenters. The molecule has 2 amide bonds. The molecule has 0 saturated carbocycles. The molecule has 2 aromatic rings. The lowest BCUT2D eigenvalue weighted by molar-refractivity contribution is -0.119. The lowest BCUT2D eigenvalue weighted by atomic mass is 10.0. The van der Waals surface area contributed by atoms with Gasteiger partial charge in [-0.3, -0.25) is 9.59 Å². The van der Waals surface area contributed by atoms with Gasteiger partial charge in [-0.1, -0.05) is 5.16 Å². The van der Waals surface area contributed by atoms with E-state index in [1.54, 1.807) is 43.2 Å². The highest BCUT2D eigenvalue weighted by molar-refractivity contribution is 5.95. The highest BCUT2D eigenvalue weighted by atomic mass is 16.5. The molecule has 8 nitrogen and oxygen atoms in total. The van der Waals surface area contributed by atoms with Crippen molar-refractivity contribution in [3.05, 3.63) is 35.6 Å². The van der Waals surface area contributed by atoms with Gasteiger partial charge in [-0.15, -0.1) is 0 Å². The summed E-state index contributed by atoms with van der Waals surface area (Å²) in [5.74, 6) is 0.254. The number of carbonyl (C=O) groups excluding carboxylic acids is 2. The van der Waals surface area contributed by atoms with Crippen molar-refractivity contribution in [2.24, 2.45) is 0 Å². The smallest absolute Gasteiger partial charge is 0.292 e. The fraction of sp³-hybridized carbons (Fsp3) is 0.421. The number of rotatable bonds is 5. The van der Waals surface area contributed by atoms with Gasteiger partial charge in [0.2, 0.25) is 11.7 Å². The second-order valence-electron chi connectivity index (χ2n) is 6.62. The molecule has 1 fully saturated rings. The third kappa shape index (κ3) is 3.95. The molecule has 1 saturated heterocycles. The van der Waals surface area contributed by atoms with Gasteiger partial charge >= 0.3 is 0 Å². The molecule has 0 bridgehead atoms. The number of benzene rings is 1. The van der Waals surface area contributed by atoms with E-state index in [1.807, 2.05) is 0 Å². The summed E-state index contributed by atoms with van der Waals surface area (Å²) in [6.07, 6.45) is -0.254. The Morgan fingerprint density at radius 2 is 2.07 bits per heavy atom. The van der Waals surface area contributed by atoms with Crippen LogP contribution >= 0.6 is 0 Å². The second kappa shape index (κ2) is 7.79. The van der Waals surface area contributed by atoms with Crippen LogP contribution in [0, 0.1) is 0 Å². The minimum absolute atomic E-state index is 0.0271. The number of likely N-dealkylation sites (tertiary alicyclic amines) is 1. The summed E-state index contributed by atoms with van der Waals surface area (Å²) in [7, 11) is 1.58. The molecule has 2 atom stereocenters. The fourth-order valence-electron chi connectivity index (χ4n) is 3.29. The Bertz CT molecular complexity index is 828. The second-order valence-corrected chi connectivity index (χ2v) is 6.62. The van der Waals surface area contributed by atoms with Crippen LogP contribution in [-0.4, -0.2) is 53.2 Å². The topological polar surface area (TPSA) is 105 Å². The lowest BCUT2D eigenvalue weighted by Gasteiger charge is -2.16. The first-order chi connectivity index (χ1) is 12.9. The largest absolute Gasteiger partial charge is 0.497 e. The predicted octanol–water partition coefficient (Wildman–Crippen LogP) is 1.75. The quantitative estimate of drug-likeness (QED) is 0.827. The SMILES string of the molecule is COc1ccc(-c2noc(C(=O)N3CCC(NC(C)=O)C3)c2C(C)O)cc1. The molecule has 2 heterocycles.